The minimum Gasteiger partial charge on any atom is -0.465 e. The summed E-state index contributed by atoms with van der Waals surface area (Å²) in [5.41, 5.74) is 6.78. The zero-order valence-electron chi connectivity index (χ0n) is 9.80. The van der Waals surface area contributed by atoms with Crippen molar-refractivity contribution in [2.45, 2.75) is 6.10 Å². The smallest absolute Gasteiger partial charge is 0.220 e. The molecule has 0 amide bonds. The molecule has 96 valence electrons. The van der Waals surface area contributed by atoms with Crippen LogP contribution in [-0.2, 0) is 9.53 Å². The van der Waals surface area contributed by atoms with Gasteiger partial charge in [0.05, 0.1) is 11.8 Å². The van der Waals surface area contributed by atoms with E-state index in [1.807, 2.05) is 0 Å². The van der Waals surface area contributed by atoms with Crippen LogP contribution in [0.25, 0.3) is 5.57 Å². The summed E-state index contributed by atoms with van der Waals surface area (Å²) in [4.78, 5) is 12.4. The summed E-state index contributed by atoms with van der Waals surface area (Å²) in [5.74, 6) is 0.299. The van der Waals surface area contributed by atoms with Gasteiger partial charge in [-0.2, -0.15) is 0 Å². The SMILES string of the molecule is NC1=C(c2cccc(Cl)c2)C(=O)C(c2ccco2)O1. The van der Waals surface area contributed by atoms with Gasteiger partial charge in [0.1, 0.15) is 0 Å². The third kappa shape index (κ3) is 2.00. The maximum atomic E-state index is 12.4. The molecular weight excluding hydrogens is 266 g/mol. The number of hydrogen-bond acceptors (Lipinski definition) is 4. The van der Waals surface area contributed by atoms with E-state index < -0.39 is 6.10 Å². The molecule has 1 unspecified atom stereocenters. The maximum Gasteiger partial charge on any atom is 0.220 e. The second kappa shape index (κ2) is 4.48. The van der Waals surface area contributed by atoms with Gasteiger partial charge in [-0.3, -0.25) is 4.79 Å². The van der Waals surface area contributed by atoms with Gasteiger partial charge in [-0.1, -0.05) is 23.7 Å². The van der Waals surface area contributed by atoms with Crippen LogP contribution in [0.2, 0.25) is 5.02 Å². The Hall–Kier alpha value is -2.20. The molecule has 2 N–H and O–H groups in total. The molecule has 0 spiro atoms. The monoisotopic (exact) mass is 275 g/mol. The molecule has 5 heteroatoms. The van der Waals surface area contributed by atoms with Crippen LogP contribution in [0.1, 0.15) is 17.4 Å². The summed E-state index contributed by atoms with van der Waals surface area (Å²) < 4.78 is 10.6. The van der Waals surface area contributed by atoms with Crippen LogP contribution in [0.4, 0.5) is 0 Å². The first kappa shape index (κ1) is 11.9. The summed E-state index contributed by atoms with van der Waals surface area (Å²) in [6.07, 6.45) is 0.670. The fraction of sp³-hybridized carbons (Fsp3) is 0.0714. The van der Waals surface area contributed by atoms with E-state index in [0.717, 1.165) is 0 Å². The Kier molecular flexibility index (Phi) is 2.80. The van der Waals surface area contributed by atoms with Gasteiger partial charge in [-0.15, -0.1) is 0 Å². The van der Waals surface area contributed by atoms with Gasteiger partial charge >= 0.3 is 0 Å². The average molecular weight is 276 g/mol. The largest absolute Gasteiger partial charge is 0.465 e. The number of carbonyl (C=O) groups is 1. The predicted molar refractivity (Wildman–Crippen MR) is 70.1 cm³/mol. The topological polar surface area (TPSA) is 65.5 Å². The number of ketones is 1. The van der Waals surface area contributed by atoms with Crippen LogP contribution in [0.15, 0.2) is 53.0 Å². The predicted octanol–water partition coefficient (Wildman–Crippen LogP) is 2.90. The molecule has 0 aliphatic carbocycles. The number of furan rings is 1. The van der Waals surface area contributed by atoms with Crippen LogP contribution in [0.5, 0.6) is 0 Å². The van der Waals surface area contributed by atoms with Gasteiger partial charge < -0.3 is 14.9 Å². The molecule has 4 nitrogen and oxygen atoms in total. The Morgan fingerprint density at radius 3 is 2.74 bits per heavy atom. The number of Topliss-reactive ketones (excluding diaryl/α,β-unsaturated/α-hetero) is 1. The van der Waals surface area contributed by atoms with Gasteiger partial charge in [0.25, 0.3) is 0 Å². The van der Waals surface area contributed by atoms with Crippen molar-refractivity contribution in [3.05, 3.63) is 64.9 Å². The molecule has 0 saturated carbocycles. The highest BCUT2D eigenvalue weighted by atomic mass is 35.5. The van der Waals surface area contributed by atoms with Crippen LogP contribution in [-0.4, -0.2) is 5.78 Å². The van der Waals surface area contributed by atoms with Crippen LogP contribution < -0.4 is 5.73 Å². The number of carbonyl (C=O) groups excluding carboxylic acids is 1. The van der Waals surface area contributed by atoms with E-state index in [2.05, 4.69) is 0 Å². The molecule has 2 aromatic rings. The number of benzene rings is 1. The fourth-order valence-corrected chi connectivity index (χ4v) is 2.24. The molecule has 0 saturated heterocycles. The molecule has 2 heterocycles. The summed E-state index contributed by atoms with van der Waals surface area (Å²) in [6.45, 7) is 0. The molecule has 19 heavy (non-hydrogen) atoms. The van der Waals surface area contributed by atoms with Crippen molar-refractivity contribution in [1.29, 1.82) is 0 Å². The number of ether oxygens (including phenoxy) is 1. The molecule has 1 aromatic carbocycles. The lowest BCUT2D eigenvalue weighted by molar-refractivity contribution is -0.120. The fourth-order valence-electron chi connectivity index (χ4n) is 2.05. The zero-order valence-corrected chi connectivity index (χ0v) is 10.6. The van der Waals surface area contributed by atoms with Gasteiger partial charge in [0.15, 0.2) is 11.6 Å². The highest BCUT2D eigenvalue weighted by Crippen LogP contribution is 2.36. The highest BCUT2D eigenvalue weighted by Gasteiger charge is 2.37. The zero-order chi connectivity index (χ0) is 13.4. The summed E-state index contributed by atoms with van der Waals surface area (Å²) in [5, 5.41) is 0.534. The molecule has 1 aliphatic rings. The van der Waals surface area contributed by atoms with Gasteiger partial charge in [0, 0.05) is 5.02 Å². The van der Waals surface area contributed by atoms with Crippen molar-refractivity contribution < 1.29 is 13.9 Å². The Balaban J connectivity index is 1.99. The second-order valence-electron chi connectivity index (χ2n) is 4.13. The third-order valence-electron chi connectivity index (χ3n) is 2.89. The van der Waals surface area contributed by atoms with Crippen LogP contribution in [0.3, 0.4) is 0 Å². The molecule has 0 radical (unpaired) electrons. The normalized spacial score (nSPS) is 18.8. The molecule has 1 atom stereocenters. The molecule has 0 fully saturated rings. The van der Waals surface area contributed by atoms with Crippen molar-refractivity contribution >= 4 is 23.0 Å². The minimum absolute atomic E-state index is 0.0914. The maximum absolute atomic E-state index is 12.4. The Labute approximate surface area is 114 Å². The van der Waals surface area contributed by atoms with E-state index in [0.29, 0.717) is 21.9 Å². The average Bonchev–Trinajstić information content (AvgIpc) is 2.97. The van der Waals surface area contributed by atoms with E-state index in [-0.39, 0.29) is 11.7 Å². The lowest BCUT2D eigenvalue weighted by Gasteiger charge is -2.05. The quantitative estimate of drug-likeness (QED) is 0.915. The van der Waals surface area contributed by atoms with E-state index in [1.165, 1.54) is 6.26 Å². The number of rotatable bonds is 2. The first-order chi connectivity index (χ1) is 9.16. The lowest BCUT2D eigenvalue weighted by Crippen LogP contribution is -2.08. The Morgan fingerprint density at radius 2 is 2.05 bits per heavy atom. The molecule has 1 aliphatic heterocycles. The van der Waals surface area contributed by atoms with Crippen molar-refractivity contribution in [2.24, 2.45) is 5.73 Å². The highest BCUT2D eigenvalue weighted by molar-refractivity contribution is 6.31. The summed E-state index contributed by atoms with van der Waals surface area (Å²) in [6, 6.07) is 10.3. The van der Waals surface area contributed by atoms with Gasteiger partial charge in [-0.25, -0.2) is 0 Å². The van der Waals surface area contributed by atoms with Crippen molar-refractivity contribution in [3.8, 4) is 0 Å². The summed E-state index contributed by atoms with van der Waals surface area (Å²) in [7, 11) is 0. The molecular formula is C14H10ClNO3. The lowest BCUT2D eigenvalue weighted by atomic mass is 10.00. The minimum atomic E-state index is -0.816. The van der Waals surface area contributed by atoms with E-state index in [1.54, 1.807) is 36.4 Å². The first-order valence-corrected chi connectivity index (χ1v) is 6.04. The van der Waals surface area contributed by atoms with Crippen molar-refractivity contribution in [2.75, 3.05) is 0 Å². The Bertz CT molecular complexity index is 661. The van der Waals surface area contributed by atoms with Crippen molar-refractivity contribution in [3.63, 3.8) is 0 Å². The van der Waals surface area contributed by atoms with Gasteiger partial charge in [-0.05, 0) is 29.8 Å². The summed E-state index contributed by atoms with van der Waals surface area (Å²) >= 11 is 5.92. The number of hydrogen-bond donors (Lipinski definition) is 1. The third-order valence-corrected chi connectivity index (χ3v) is 3.13. The first-order valence-electron chi connectivity index (χ1n) is 5.67. The van der Waals surface area contributed by atoms with Crippen molar-refractivity contribution in [1.82, 2.24) is 0 Å². The van der Waals surface area contributed by atoms with E-state index >= 15 is 0 Å². The van der Waals surface area contributed by atoms with Crippen LogP contribution >= 0.6 is 11.6 Å². The van der Waals surface area contributed by atoms with E-state index in [4.69, 9.17) is 26.5 Å². The number of halogens is 1. The van der Waals surface area contributed by atoms with Crippen LogP contribution in [0, 0.1) is 0 Å². The van der Waals surface area contributed by atoms with E-state index in [9.17, 15) is 4.79 Å². The standard InChI is InChI=1S/C14H10ClNO3/c15-9-4-1-3-8(7-9)11-12(17)13(19-14(11)16)10-5-2-6-18-10/h1-7,13H,16H2. The van der Waals surface area contributed by atoms with Gasteiger partial charge in [0.2, 0.25) is 11.9 Å². The molecule has 3 rings (SSSR count). The second-order valence-corrected chi connectivity index (χ2v) is 4.56. The number of nitrogens with two attached hydrogens (primary N) is 1. The molecule has 0 bridgehead atoms. The Morgan fingerprint density at radius 1 is 1.21 bits per heavy atom. The molecule has 1 aromatic heterocycles.